The maximum absolute atomic E-state index is 13.4. The van der Waals surface area contributed by atoms with Gasteiger partial charge in [0.15, 0.2) is 0 Å². The van der Waals surface area contributed by atoms with Crippen molar-refractivity contribution in [2.45, 2.75) is 82.2 Å². The molecule has 1 saturated carbocycles. The highest BCUT2D eigenvalue weighted by atomic mass is 32.2. The van der Waals surface area contributed by atoms with E-state index in [4.69, 9.17) is 0 Å². The monoisotopic (exact) mass is 447 g/mol. The van der Waals surface area contributed by atoms with Crippen LogP contribution in [0.25, 0.3) is 0 Å². The zero-order valence-electron chi connectivity index (χ0n) is 18.5. The number of fused-ring (bicyclic) bond motifs is 1. The molecule has 2 amide bonds. The molecule has 2 heterocycles. The van der Waals surface area contributed by atoms with Crippen molar-refractivity contribution in [3.05, 3.63) is 23.8 Å². The lowest BCUT2D eigenvalue weighted by Gasteiger charge is -2.33. The van der Waals surface area contributed by atoms with Crippen LogP contribution in [0.1, 0.15) is 64.4 Å². The van der Waals surface area contributed by atoms with Gasteiger partial charge in [0.2, 0.25) is 21.8 Å². The quantitative estimate of drug-likeness (QED) is 0.769. The summed E-state index contributed by atoms with van der Waals surface area (Å²) in [4.78, 5) is 26.7. The van der Waals surface area contributed by atoms with E-state index in [-0.39, 0.29) is 41.3 Å². The first-order valence-corrected chi connectivity index (χ1v) is 12.9. The van der Waals surface area contributed by atoms with Crippen molar-refractivity contribution in [2.75, 3.05) is 18.0 Å². The second-order valence-electron chi connectivity index (χ2n) is 9.28. The lowest BCUT2D eigenvalue weighted by Crippen LogP contribution is -2.47. The smallest absolute Gasteiger partial charge is 0.243 e. The Hall–Kier alpha value is -1.93. The van der Waals surface area contributed by atoms with E-state index >= 15 is 0 Å². The number of amides is 2. The van der Waals surface area contributed by atoms with E-state index in [0.29, 0.717) is 19.4 Å². The Morgan fingerprint density at radius 1 is 1.06 bits per heavy atom. The fourth-order valence-electron chi connectivity index (χ4n) is 5.34. The molecule has 0 aromatic heterocycles. The average Bonchev–Trinajstić information content (AvgIpc) is 3.09. The van der Waals surface area contributed by atoms with Crippen LogP contribution in [0.3, 0.4) is 0 Å². The van der Waals surface area contributed by atoms with Gasteiger partial charge in [-0.15, -0.1) is 0 Å². The van der Waals surface area contributed by atoms with E-state index in [1.165, 1.54) is 17.6 Å². The number of piperidine rings is 1. The third-order valence-corrected chi connectivity index (χ3v) is 8.81. The summed E-state index contributed by atoms with van der Waals surface area (Å²) >= 11 is 0. The normalized spacial score (nSPS) is 25.3. The van der Waals surface area contributed by atoms with Gasteiger partial charge in [0.25, 0.3) is 0 Å². The van der Waals surface area contributed by atoms with Gasteiger partial charge in [0.1, 0.15) is 0 Å². The summed E-state index contributed by atoms with van der Waals surface area (Å²) in [5.74, 6) is -0.343. The van der Waals surface area contributed by atoms with E-state index < -0.39 is 10.0 Å². The first-order chi connectivity index (χ1) is 14.8. The van der Waals surface area contributed by atoms with E-state index in [2.05, 4.69) is 5.32 Å². The Morgan fingerprint density at radius 2 is 1.81 bits per heavy atom. The number of carbonyl (C=O) groups excluding carboxylic acids is 2. The van der Waals surface area contributed by atoms with Gasteiger partial charge in [-0.05, 0) is 62.8 Å². The molecule has 0 spiro atoms. The van der Waals surface area contributed by atoms with Gasteiger partial charge < -0.3 is 10.2 Å². The lowest BCUT2D eigenvalue weighted by molar-refractivity contribution is -0.127. The first kappa shape index (κ1) is 22.3. The molecule has 1 aliphatic carbocycles. The Balaban J connectivity index is 1.48. The molecule has 2 aliphatic heterocycles. The summed E-state index contributed by atoms with van der Waals surface area (Å²) in [7, 11) is -3.69. The van der Waals surface area contributed by atoms with Crippen LogP contribution < -0.4 is 10.2 Å². The first-order valence-electron chi connectivity index (χ1n) is 11.5. The van der Waals surface area contributed by atoms with Crippen molar-refractivity contribution in [3.8, 4) is 0 Å². The van der Waals surface area contributed by atoms with Gasteiger partial charge >= 0.3 is 0 Å². The topological polar surface area (TPSA) is 86.8 Å². The number of nitrogens with zero attached hydrogens (tertiary/aromatic N) is 2. The Labute approximate surface area is 185 Å². The minimum absolute atomic E-state index is 0.00771. The van der Waals surface area contributed by atoms with Crippen molar-refractivity contribution in [3.63, 3.8) is 0 Å². The number of nitrogens with one attached hydrogen (secondary N) is 1. The SMILES string of the molecule is CC(=O)N1c2ccc(S(=O)(=O)N3CCC[C@H](C(=O)NC4CCCCC4)C3)cc2C[C@H]1C. The molecule has 8 heteroatoms. The van der Waals surface area contributed by atoms with Gasteiger partial charge in [-0.25, -0.2) is 8.42 Å². The van der Waals surface area contributed by atoms with E-state index in [1.807, 2.05) is 6.92 Å². The predicted octanol–water partition coefficient (Wildman–Crippen LogP) is 2.83. The highest BCUT2D eigenvalue weighted by Crippen LogP contribution is 2.35. The molecule has 4 rings (SSSR count). The largest absolute Gasteiger partial charge is 0.353 e. The molecule has 2 atom stereocenters. The summed E-state index contributed by atoms with van der Waals surface area (Å²) in [5, 5.41) is 3.16. The van der Waals surface area contributed by atoms with Gasteiger partial charge in [-0.2, -0.15) is 4.31 Å². The number of benzene rings is 1. The zero-order chi connectivity index (χ0) is 22.2. The molecular weight excluding hydrogens is 414 g/mol. The molecule has 1 aromatic carbocycles. The molecular formula is C23H33N3O4S. The van der Waals surface area contributed by atoms with Crippen LogP contribution in [-0.2, 0) is 26.0 Å². The van der Waals surface area contributed by atoms with E-state index in [1.54, 1.807) is 23.1 Å². The van der Waals surface area contributed by atoms with Crippen LogP contribution in [0, 0.1) is 5.92 Å². The maximum atomic E-state index is 13.4. The summed E-state index contributed by atoms with van der Waals surface area (Å²) in [5.41, 5.74) is 1.68. The van der Waals surface area contributed by atoms with Gasteiger partial charge in [-0.3, -0.25) is 9.59 Å². The van der Waals surface area contributed by atoms with Crippen LogP contribution in [-0.4, -0.2) is 49.7 Å². The molecule has 7 nitrogen and oxygen atoms in total. The van der Waals surface area contributed by atoms with Crippen LogP contribution in [0.5, 0.6) is 0 Å². The zero-order valence-corrected chi connectivity index (χ0v) is 19.3. The molecule has 2 fully saturated rings. The predicted molar refractivity (Wildman–Crippen MR) is 119 cm³/mol. The van der Waals surface area contributed by atoms with Crippen LogP contribution in [0.2, 0.25) is 0 Å². The molecule has 0 bridgehead atoms. The van der Waals surface area contributed by atoms with E-state index in [0.717, 1.165) is 43.4 Å². The Kier molecular flexibility index (Phi) is 6.40. The van der Waals surface area contributed by atoms with Crippen molar-refractivity contribution in [2.24, 2.45) is 5.92 Å². The third-order valence-electron chi connectivity index (χ3n) is 6.95. The van der Waals surface area contributed by atoms with Crippen LogP contribution >= 0.6 is 0 Å². The maximum Gasteiger partial charge on any atom is 0.243 e. The van der Waals surface area contributed by atoms with Crippen molar-refractivity contribution in [1.82, 2.24) is 9.62 Å². The number of rotatable bonds is 4. The number of sulfonamides is 1. The molecule has 0 radical (unpaired) electrons. The highest BCUT2D eigenvalue weighted by Gasteiger charge is 2.36. The summed E-state index contributed by atoms with van der Waals surface area (Å²) < 4.78 is 28.2. The lowest BCUT2D eigenvalue weighted by atomic mass is 9.93. The second kappa shape index (κ2) is 8.90. The van der Waals surface area contributed by atoms with Crippen LogP contribution in [0.15, 0.2) is 23.1 Å². The fourth-order valence-corrected chi connectivity index (χ4v) is 6.91. The minimum atomic E-state index is -3.69. The fraction of sp³-hybridized carbons (Fsp3) is 0.652. The molecule has 31 heavy (non-hydrogen) atoms. The minimum Gasteiger partial charge on any atom is -0.353 e. The standard InChI is InChI=1S/C23H33N3O4S/c1-16-13-19-14-21(10-11-22(19)26(16)17(2)27)31(29,30)25-12-6-7-18(15-25)23(28)24-20-8-4-3-5-9-20/h10-11,14,16,18,20H,3-9,12-13,15H2,1-2H3,(H,24,28)/t16-,18+/m1/s1. The second-order valence-corrected chi connectivity index (χ2v) is 11.2. The average molecular weight is 448 g/mol. The molecule has 0 unspecified atom stereocenters. The summed E-state index contributed by atoms with van der Waals surface area (Å²) in [6.07, 6.45) is 7.61. The van der Waals surface area contributed by atoms with Crippen LogP contribution in [0.4, 0.5) is 5.69 Å². The number of hydrogen-bond donors (Lipinski definition) is 1. The van der Waals surface area contributed by atoms with Gasteiger partial charge in [-0.1, -0.05) is 19.3 Å². The Morgan fingerprint density at radius 3 is 2.52 bits per heavy atom. The molecule has 1 aromatic rings. The van der Waals surface area contributed by atoms with Crippen molar-refractivity contribution < 1.29 is 18.0 Å². The number of hydrogen-bond acceptors (Lipinski definition) is 4. The Bertz CT molecular complexity index is 956. The summed E-state index contributed by atoms with van der Waals surface area (Å²) in [6, 6.07) is 5.29. The van der Waals surface area contributed by atoms with E-state index in [9.17, 15) is 18.0 Å². The summed E-state index contributed by atoms with van der Waals surface area (Å²) in [6.45, 7) is 4.16. The molecule has 1 N–H and O–H groups in total. The third kappa shape index (κ3) is 4.51. The highest BCUT2D eigenvalue weighted by molar-refractivity contribution is 7.89. The van der Waals surface area contributed by atoms with Gasteiger partial charge in [0, 0.05) is 37.8 Å². The molecule has 170 valence electrons. The van der Waals surface area contributed by atoms with Crippen molar-refractivity contribution in [1.29, 1.82) is 0 Å². The number of anilines is 1. The van der Waals surface area contributed by atoms with Gasteiger partial charge in [0.05, 0.1) is 10.8 Å². The molecule has 3 aliphatic rings. The molecule has 1 saturated heterocycles. The number of carbonyl (C=O) groups is 2. The van der Waals surface area contributed by atoms with Crippen molar-refractivity contribution >= 4 is 27.5 Å².